The van der Waals surface area contributed by atoms with Crippen LogP contribution < -0.4 is 5.43 Å². The molecule has 8 heteroatoms. The Bertz CT molecular complexity index is 1200. The molecular weight excluding hydrogens is 380 g/mol. The quantitative estimate of drug-likeness (QED) is 0.291. The number of nitro benzene ring substituents is 1. The number of nitrogens with zero attached hydrogens (tertiary/aromatic N) is 5. The monoisotopic (exact) mass is 396 g/mol. The number of rotatable bonds is 6. The molecule has 0 fully saturated rings. The maximum atomic E-state index is 10.9. The molecule has 4 aromatic rings. The van der Waals surface area contributed by atoms with E-state index in [4.69, 9.17) is 0 Å². The van der Waals surface area contributed by atoms with E-state index in [0.29, 0.717) is 17.0 Å². The number of benzene rings is 3. The first-order valence-electron chi connectivity index (χ1n) is 9.10. The maximum Gasteiger partial charge on any atom is 0.270 e. The van der Waals surface area contributed by atoms with Crippen LogP contribution in [0.25, 0.3) is 22.5 Å². The third-order valence-corrected chi connectivity index (χ3v) is 4.24. The summed E-state index contributed by atoms with van der Waals surface area (Å²) in [5.74, 6) is 0.218. The van der Waals surface area contributed by atoms with Gasteiger partial charge in [-0.3, -0.25) is 10.1 Å². The maximum absolute atomic E-state index is 10.9. The molecule has 0 saturated heterocycles. The minimum atomic E-state index is -0.452. The normalized spacial score (nSPS) is 10.8. The molecule has 1 aromatic heterocycles. The van der Waals surface area contributed by atoms with Crippen molar-refractivity contribution >= 4 is 17.9 Å². The molecule has 146 valence electrons. The standard InChI is InChI=1S/C22H16N6O2/c29-28(30)19-13-7-8-16(14-19)15-23-26-22-24-20(17-9-3-1-4-10-17)21(25-27-22)18-11-5-2-6-12-18/h1-15H,(H,24,26,27). The summed E-state index contributed by atoms with van der Waals surface area (Å²) in [4.78, 5) is 15.0. The number of hydrogen-bond acceptors (Lipinski definition) is 7. The van der Waals surface area contributed by atoms with Gasteiger partial charge in [0.05, 0.1) is 11.1 Å². The van der Waals surface area contributed by atoms with Crippen molar-refractivity contribution in [2.24, 2.45) is 5.10 Å². The zero-order valence-electron chi connectivity index (χ0n) is 15.7. The lowest BCUT2D eigenvalue weighted by molar-refractivity contribution is -0.384. The number of anilines is 1. The summed E-state index contributed by atoms with van der Waals surface area (Å²) < 4.78 is 0. The third kappa shape index (κ3) is 4.33. The van der Waals surface area contributed by atoms with Crippen LogP contribution in [0.5, 0.6) is 0 Å². The molecular formula is C22H16N6O2. The van der Waals surface area contributed by atoms with Crippen LogP contribution in [-0.2, 0) is 0 Å². The second-order valence-electron chi connectivity index (χ2n) is 6.29. The van der Waals surface area contributed by atoms with Gasteiger partial charge in [0.15, 0.2) is 0 Å². The van der Waals surface area contributed by atoms with Crippen LogP contribution in [0.1, 0.15) is 5.56 Å². The highest BCUT2D eigenvalue weighted by molar-refractivity contribution is 5.81. The van der Waals surface area contributed by atoms with Gasteiger partial charge in [0.2, 0.25) is 0 Å². The smallest absolute Gasteiger partial charge is 0.258 e. The van der Waals surface area contributed by atoms with Crippen LogP contribution in [0.15, 0.2) is 90.0 Å². The number of hydrogen-bond donors (Lipinski definition) is 1. The van der Waals surface area contributed by atoms with Crippen molar-refractivity contribution in [1.29, 1.82) is 0 Å². The van der Waals surface area contributed by atoms with Crippen LogP contribution >= 0.6 is 0 Å². The SMILES string of the molecule is O=[N+]([O-])c1cccc(C=NNc2nnc(-c3ccccc3)c(-c3ccccc3)n2)c1. The molecule has 1 N–H and O–H groups in total. The molecule has 30 heavy (non-hydrogen) atoms. The van der Waals surface area contributed by atoms with Gasteiger partial charge in [-0.05, 0) is 0 Å². The molecule has 8 nitrogen and oxygen atoms in total. The van der Waals surface area contributed by atoms with Crippen molar-refractivity contribution < 1.29 is 4.92 Å². The molecule has 0 spiro atoms. The van der Waals surface area contributed by atoms with E-state index in [2.05, 4.69) is 25.7 Å². The Kier molecular flexibility index (Phi) is 5.47. The van der Waals surface area contributed by atoms with E-state index in [1.807, 2.05) is 60.7 Å². The molecule has 0 aliphatic heterocycles. The molecule has 0 amide bonds. The Labute approximate surface area is 172 Å². The first-order valence-corrected chi connectivity index (χ1v) is 9.10. The molecule has 0 aliphatic carbocycles. The van der Waals surface area contributed by atoms with Crippen molar-refractivity contribution in [2.75, 3.05) is 5.43 Å². The summed E-state index contributed by atoms with van der Waals surface area (Å²) in [6.45, 7) is 0. The molecule has 0 saturated carbocycles. The fraction of sp³-hybridized carbons (Fsp3) is 0. The van der Waals surface area contributed by atoms with Gasteiger partial charge in [-0.25, -0.2) is 10.4 Å². The number of nitro groups is 1. The van der Waals surface area contributed by atoms with Crippen molar-refractivity contribution in [3.05, 3.63) is 101 Å². The topological polar surface area (TPSA) is 106 Å². The van der Waals surface area contributed by atoms with Gasteiger partial charge in [0.1, 0.15) is 11.4 Å². The van der Waals surface area contributed by atoms with E-state index in [1.165, 1.54) is 18.3 Å². The van der Waals surface area contributed by atoms with Gasteiger partial charge in [-0.1, -0.05) is 72.8 Å². The second-order valence-corrected chi connectivity index (χ2v) is 6.29. The largest absolute Gasteiger partial charge is 0.270 e. The van der Waals surface area contributed by atoms with Crippen molar-refractivity contribution in [1.82, 2.24) is 15.2 Å². The molecule has 0 atom stereocenters. The lowest BCUT2D eigenvalue weighted by atomic mass is 10.0. The average molecular weight is 396 g/mol. The van der Waals surface area contributed by atoms with E-state index >= 15 is 0 Å². The summed E-state index contributed by atoms with van der Waals surface area (Å²) in [5.41, 5.74) is 6.46. The highest BCUT2D eigenvalue weighted by Gasteiger charge is 2.13. The summed E-state index contributed by atoms with van der Waals surface area (Å²) in [7, 11) is 0. The molecule has 1 heterocycles. The van der Waals surface area contributed by atoms with Gasteiger partial charge in [-0.2, -0.15) is 5.10 Å². The van der Waals surface area contributed by atoms with Gasteiger partial charge in [0, 0.05) is 28.8 Å². The average Bonchev–Trinajstić information content (AvgIpc) is 2.80. The Morgan fingerprint density at radius 2 is 1.50 bits per heavy atom. The molecule has 0 radical (unpaired) electrons. The Balaban J connectivity index is 1.63. The third-order valence-electron chi connectivity index (χ3n) is 4.24. The molecule has 3 aromatic carbocycles. The van der Waals surface area contributed by atoms with Crippen LogP contribution in [-0.4, -0.2) is 26.3 Å². The molecule has 0 unspecified atom stereocenters. The van der Waals surface area contributed by atoms with E-state index < -0.39 is 4.92 Å². The lowest BCUT2D eigenvalue weighted by Gasteiger charge is -2.09. The number of hydrazone groups is 1. The summed E-state index contributed by atoms with van der Waals surface area (Å²) >= 11 is 0. The van der Waals surface area contributed by atoms with E-state index in [-0.39, 0.29) is 11.6 Å². The van der Waals surface area contributed by atoms with E-state index in [9.17, 15) is 10.1 Å². The van der Waals surface area contributed by atoms with E-state index in [0.717, 1.165) is 11.1 Å². The van der Waals surface area contributed by atoms with Crippen molar-refractivity contribution in [3.8, 4) is 22.5 Å². The predicted octanol–water partition coefficient (Wildman–Crippen LogP) is 4.56. The summed E-state index contributed by atoms with van der Waals surface area (Å²) in [6.07, 6.45) is 1.46. The summed E-state index contributed by atoms with van der Waals surface area (Å²) in [5, 5.41) is 23.4. The zero-order chi connectivity index (χ0) is 20.8. The number of aromatic nitrogens is 3. The Morgan fingerprint density at radius 1 is 0.833 bits per heavy atom. The Morgan fingerprint density at radius 3 is 2.17 bits per heavy atom. The van der Waals surface area contributed by atoms with Gasteiger partial charge in [0.25, 0.3) is 11.6 Å². The fourth-order valence-electron chi connectivity index (χ4n) is 2.84. The Hall–Kier alpha value is -4.46. The van der Waals surface area contributed by atoms with Crippen LogP contribution in [0.2, 0.25) is 0 Å². The highest BCUT2D eigenvalue weighted by Crippen LogP contribution is 2.28. The summed E-state index contributed by atoms with van der Waals surface area (Å²) in [6, 6.07) is 25.6. The fourth-order valence-corrected chi connectivity index (χ4v) is 2.84. The van der Waals surface area contributed by atoms with Gasteiger partial charge >= 0.3 is 0 Å². The molecule has 0 bridgehead atoms. The molecule has 0 aliphatic rings. The van der Waals surface area contributed by atoms with Crippen LogP contribution in [0, 0.1) is 10.1 Å². The molecule has 4 rings (SSSR count). The van der Waals surface area contributed by atoms with Crippen molar-refractivity contribution in [3.63, 3.8) is 0 Å². The zero-order valence-corrected chi connectivity index (χ0v) is 15.7. The predicted molar refractivity (Wildman–Crippen MR) is 115 cm³/mol. The van der Waals surface area contributed by atoms with Gasteiger partial charge < -0.3 is 0 Å². The first kappa shape index (κ1) is 18.9. The van der Waals surface area contributed by atoms with Gasteiger partial charge in [-0.15, -0.1) is 10.2 Å². The lowest BCUT2D eigenvalue weighted by Crippen LogP contribution is -2.03. The first-order chi connectivity index (χ1) is 14.7. The van der Waals surface area contributed by atoms with E-state index in [1.54, 1.807) is 12.1 Å². The van der Waals surface area contributed by atoms with Crippen molar-refractivity contribution in [2.45, 2.75) is 0 Å². The van der Waals surface area contributed by atoms with Crippen LogP contribution in [0.3, 0.4) is 0 Å². The second kappa shape index (κ2) is 8.70. The highest BCUT2D eigenvalue weighted by atomic mass is 16.6. The van der Waals surface area contributed by atoms with Crippen LogP contribution in [0.4, 0.5) is 11.6 Å². The number of nitrogens with one attached hydrogen (secondary N) is 1. The minimum absolute atomic E-state index is 0.00422. The minimum Gasteiger partial charge on any atom is -0.258 e. The number of non-ortho nitro benzene ring substituents is 1.